The van der Waals surface area contributed by atoms with Crippen LogP contribution in [0.3, 0.4) is 0 Å². The molecule has 0 amide bonds. The minimum Gasteiger partial charge on any atom is -0.496 e. The maximum Gasteiger partial charge on any atom is 0.329 e. The first-order valence-electron chi connectivity index (χ1n) is 11.4. The third kappa shape index (κ3) is 5.13. The monoisotopic (exact) mass is 459 g/mol. The quantitative estimate of drug-likeness (QED) is 0.499. The van der Waals surface area contributed by atoms with Crippen LogP contribution < -0.4 is 10.1 Å². The number of carboxylic acids is 1. The number of ether oxygens (including phenoxy) is 2. The normalized spacial score (nSPS) is 19.2. The highest BCUT2D eigenvalue weighted by atomic mass is 19.3. The van der Waals surface area contributed by atoms with Crippen LogP contribution in [-0.2, 0) is 16.1 Å². The summed E-state index contributed by atoms with van der Waals surface area (Å²) in [5.41, 5.74) is 4.25. The molecule has 2 aromatic rings. The Morgan fingerprint density at radius 3 is 2.42 bits per heavy atom. The smallest absolute Gasteiger partial charge is 0.329 e. The van der Waals surface area contributed by atoms with Gasteiger partial charge in [-0.3, -0.25) is 0 Å². The molecule has 0 heterocycles. The molecule has 5 nitrogen and oxygen atoms in total. The van der Waals surface area contributed by atoms with Crippen LogP contribution in [0.25, 0.3) is 11.1 Å². The highest BCUT2D eigenvalue weighted by Gasteiger charge is 2.48. The van der Waals surface area contributed by atoms with Crippen molar-refractivity contribution in [3.05, 3.63) is 47.0 Å². The molecule has 0 aromatic heterocycles. The molecule has 0 saturated heterocycles. The van der Waals surface area contributed by atoms with E-state index in [0.29, 0.717) is 12.3 Å². The SMILES string of the molecule is COc1cc(-c2ccc(NC3(C(=O)O)CCC(F)(F)CC3)cc2COC2CC2)cc(C)c1C. The van der Waals surface area contributed by atoms with E-state index in [9.17, 15) is 18.7 Å². The lowest BCUT2D eigenvalue weighted by Gasteiger charge is -2.38. The number of methoxy groups -OCH3 is 1. The molecule has 2 aliphatic rings. The van der Waals surface area contributed by atoms with Gasteiger partial charge in [0, 0.05) is 18.5 Å². The van der Waals surface area contributed by atoms with E-state index in [-0.39, 0.29) is 18.9 Å². The predicted molar refractivity (Wildman–Crippen MR) is 123 cm³/mol. The molecule has 2 saturated carbocycles. The summed E-state index contributed by atoms with van der Waals surface area (Å²) in [4.78, 5) is 12.1. The molecule has 0 aliphatic heterocycles. The Balaban J connectivity index is 1.67. The molecule has 33 heavy (non-hydrogen) atoms. The average molecular weight is 460 g/mol. The highest BCUT2D eigenvalue weighted by molar-refractivity contribution is 5.83. The van der Waals surface area contributed by atoms with Gasteiger partial charge in [-0.15, -0.1) is 0 Å². The second-order valence-electron chi connectivity index (χ2n) is 9.37. The number of anilines is 1. The Morgan fingerprint density at radius 1 is 1.12 bits per heavy atom. The van der Waals surface area contributed by atoms with Gasteiger partial charge in [0.25, 0.3) is 0 Å². The number of carbonyl (C=O) groups is 1. The molecule has 2 aromatic carbocycles. The summed E-state index contributed by atoms with van der Waals surface area (Å²) < 4.78 is 39.0. The first kappa shape index (κ1) is 23.5. The Kier molecular flexibility index (Phi) is 6.36. The second kappa shape index (κ2) is 8.93. The van der Waals surface area contributed by atoms with E-state index in [1.807, 2.05) is 38.1 Å². The van der Waals surface area contributed by atoms with Gasteiger partial charge < -0.3 is 19.9 Å². The lowest BCUT2D eigenvalue weighted by Crippen LogP contribution is -2.51. The molecule has 4 rings (SSSR count). The molecule has 2 fully saturated rings. The van der Waals surface area contributed by atoms with Gasteiger partial charge >= 0.3 is 5.97 Å². The topological polar surface area (TPSA) is 67.8 Å². The fraction of sp³-hybridized carbons (Fsp3) is 0.500. The van der Waals surface area contributed by atoms with Crippen molar-refractivity contribution in [3.8, 4) is 16.9 Å². The van der Waals surface area contributed by atoms with Gasteiger partial charge in [-0.05, 0) is 85.5 Å². The summed E-state index contributed by atoms with van der Waals surface area (Å²) in [5, 5.41) is 13.0. The van der Waals surface area contributed by atoms with Gasteiger partial charge in [-0.1, -0.05) is 12.1 Å². The zero-order chi connectivity index (χ0) is 23.8. The molecule has 0 radical (unpaired) electrons. The standard InChI is InChI=1S/C26H31F2NO4/c1-16-12-18(14-23(32-3)17(16)2)22-7-4-20(13-19(22)15-33-21-5-6-21)29-25(24(30)31)8-10-26(27,28)11-9-25/h4,7,12-14,21,29H,5-6,8-11,15H2,1-3H3,(H,30,31). The molecule has 0 atom stereocenters. The van der Waals surface area contributed by atoms with Crippen molar-refractivity contribution in [2.75, 3.05) is 12.4 Å². The summed E-state index contributed by atoms with van der Waals surface area (Å²) in [6.45, 7) is 4.44. The minimum absolute atomic E-state index is 0.126. The fourth-order valence-corrected chi connectivity index (χ4v) is 4.42. The summed E-state index contributed by atoms with van der Waals surface area (Å²) >= 11 is 0. The van der Waals surface area contributed by atoms with E-state index in [0.717, 1.165) is 46.4 Å². The molecule has 0 bridgehead atoms. The van der Waals surface area contributed by atoms with Crippen LogP contribution in [0, 0.1) is 13.8 Å². The third-order valence-corrected chi connectivity index (χ3v) is 6.88. The van der Waals surface area contributed by atoms with E-state index in [1.54, 1.807) is 7.11 Å². The molecule has 7 heteroatoms. The first-order chi connectivity index (χ1) is 15.6. The van der Waals surface area contributed by atoms with Gasteiger partial charge in [0.15, 0.2) is 0 Å². The summed E-state index contributed by atoms with van der Waals surface area (Å²) in [5.74, 6) is -3.11. The van der Waals surface area contributed by atoms with Gasteiger partial charge in [-0.2, -0.15) is 0 Å². The van der Waals surface area contributed by atoms with Crippen molar-refractivity contribution in [2.45, 2.75) is 76.5 Å². The largest absolute Gasteiger partial charge is 0.496 e. The van der Waals surface area contributed by atoms with Crippen LogP contribution in [-0.4, -0.2) is 35.8 Å². The summed E-state index contributed by atoms with van der Waals surface area (Å²) in [6.07, 6.45) is 1.21. The van der Waals surface area contributed by atoms with E-state index < -0.39 is 30.3 Å². The number of hydrogen-bond acceptors (Lipinski definition) is 4. The van der Waals surface area contributed by atoms with Crippen molar-refractivity contribution in [1.82, 2.24) is 0 Å². The average Bonchev–Trinajstić information content (AvgIpc) is 3.60. The number of halogens is 2. The summed E-state index contributed by atoms with van der Waals surface area (Å²) in [6, 6.07) is 9.73. The number of aliphatic carboxylic acids is 1. The van der Waals surface area contributed by atoms with Crippen LogP contribution in [0.1, 0.15) is 55.2 Å². The number of carboxylic acid groups (broad SMARTS) is 1. The number of nitrogens with one attached hydrogen (secondary N) is 1. The molecule has 2 N–H and O–H groups in total. The Labute approximate surface area is 193 Å². The number of aryl methyl sites for hydroxylation is 1. The lowest BCUT2D eigenvalue weighted by atomic mass is 9.79. The summed E-state index contributed by atoms with van der Waals surface area (Å²) in [7, 11) is 1.65. The van der Waals surface area contributed by atoms with Gasteiger partial charge in [0.05, 0.1) is 19.8 Å². The molecular weight excluding hydrogens is 428 g/mol. The minimum atomic E-state index is -2.81. The van der Waals surface area contributed by atoms with Crippen LogP contribution >= 0.6 is 0 Å². The van der Waals surface area contributed by atoms with E-state index in [4.69, 9.17) is 9.47 Å². The molecule has 178 valence electrons. The van der Waals surface area contributed by atoms with Crippen molar-refractivity contribution in [3.63, 3.8) is 0 Å². The van der Waals surface area contributed by atoms with Gasteiger partial charge in [0.2, 0.25) is 5.92 Å². The zero-order valence-electron chi connectivity index (χ0n) is 19.3. The number of hydrogen-bond donors (Lipinski definition) is 2. The van der Waals surface area contributed by atoms with Crippen LogP contribution in [0.4, 0.5) is 14.5 Å². The Bertz CT molecular complexity index is 1040. The predicted octanol–water partition coefficient (Wildman–Crippen LogP) is 6.10. The van der Waals surface area contributed by atoms with E-state index >= 15 is 0 Å². The van der Waals surface area contributed by atoms with E-state index in [1.165, 1.54) is 0 Å². The van der Waals surface area contributed by atoms with Crippen molar-refractivity contribution in [1.29, 1.82) is 0 Å². The fourth-order valence-electron chi connectivity index (χ4n) is 4.42. The van der Waals surface area contributed by atoms with Crippen LogP contribution in [0.5, 0.6) is 5.75 Å². The van der Waals surface area contributed by atoms with Crippen LogP contribution in [0.2, 0.25) is 0 Å². The van der Waals surface area contributed by atoms with Gasteiger partial charge in [-0.25, -0.2) is 13.6 Å². The van der Waals surface area contributed by atoms with Crippen molar-refractivity contribution >= 4 is 11.7 Å². The van der Waals surface area contributed by atoms with Crippen LogP contribution in [0.15, 0.2) is 30.3 Å². The van der Waals surface area contributed by atoms with Crippen molar-refractivity contribution in [2.24, 2.45) is 0 Å². The Morgan fingerprint density at radius 2 is 1.82 bits per heavy atom. The maximum absolute atomic E-state index is 13.7. The van der Waals surface area contributed by atoms with Crippen molar-refractivity contribution < 1.29 is 28.2 Å². The third-order valence-electron chi connectivity index (χ3n) is 6.88. The van der Waals surface area contributed by atoms with Gasteiger partial charge in [0.1, 0.15) is 11.3 Å². The number of alkyl halides is 2. The number of rotatable bonds is 8. The molecular formula is C26H31F2NO4. The maximum atomic E-state index is 13.7. The second-order valence-corrected chi connectivity index (χ2v) is 9.37. The molecule has 0 unspecified atom stereocenters. The number of benzene rings is 2. The first-order valence-corrected chi connectivity index (χ1v) is 11.4. The van der Waals surface area contributed by atoms with E-state index in [2.05, 4.69) is 11.4 Å². The Hall–Kier alpha value is -2.67. The lowest BCUT2D eigenvalue weighted by molar-refractivity contribution is -0.146. The highest BCUT2D eigenvalue weighted by Crippen LogP contribution is 2.41. The zero-order valence-corrected chi connectivity index (χ0v) is 19.3. The molecule has 2 aliphatic carbocycles. The molecule has 0 spiro atoms.